The summed E-state index contributed by atoms with van der Waals surface area (Å²) in [6.07, 6.45) is -2.27. The molecule has 1 fully saturated rings. The first kappa shape index (κ1) is 12.9. The van der Waals surface area contributed by atoms with Gasteiger partial charge in [-0.2, -0.15) is 0 Å². The standard InChI is InChI=1S/C10H20O5/c1-3-6(2)14-5-8-10(13)9(12)7(4-11)15-8/h6-13H,3-5H2,1-2H3/t6?,7-,8-,9-,10-/m1/s1. The summed E-state index contributed by atoms with van der Waals surface area (Å²) in [5.41, 5.74) is 0. The third-order valence-electron chi connectivity index (χ3n) is 2.76. The summed E-state index contributed by atoms with van der Waals surface area (Å²) >= 11 is 0. The lowest BCUT2D eigenvalue weighted by Gasteiger charge is -2.17. The number of aliphatic hydroxyl groups is 3. The highest BCUT2D eigenvalue weighted by Crippen LogP contribution is 2.21. The van der Waals surface area contributed by atoms with Gasteiger partial charge >= 0.3 is 0 Å². The monoisotopic (exact) mass is 220 g/mol. The van der Waals surface area contributed by atoms with Crippen molar-refractivity contribution in [3.8, 4) is 0 Å². The third-order valence-corrected chi connectivity index (χ3v) is 2.76. The zero-order valence-corrected chi connectivity index (χ0v) is 9.17. The van der Waals surface area contributed by atoms with Gasteiger partial charge in [0.15, 0.2) is 0 Å². The van der Waals surface area contributed by atoms with Crippen molar-refractivity contribution in [2.45, 2.75) is 50.8 Å². The molecule has 0 bridgehead atoms. The second-order valence-corrected chi connectivity index (χ2v) is 3.93. The molecule has 0 amide bonds. The lowest BCUT2D eigenvalue weighted by molar-refractivity contribution is -0.0704. The average molecular weight is 220 g/mol. The first-order valence-electron chi connectivity index (χ1n) is 5.34. The minimum atomic E-state index is -1.03. The fraction of sp³-hybridized carbons (Fsp3) is 1.00. The van der Waals surface area contributed by atoms with Crippen LogP contribution in [0.5, 0.6) is 0 Å². The highest BCUT2D eigenvalue weighted by molar-refractivity contribution is 4.90. The normalized spacial score (nSPS) is 38.2. The van der Waals surface area contributed by atoms with Crippen LogP contribution in [0.15, 0.2) is 0 Å². The molecule has 1 aliphatic rings. The van der Waals surface area contributed by atoms with Crippen LogP contribution in [-0.2, 0) is 9.47 Å². The molecule has 1 unspecified atom stereocenters. The van der Waals surface area contributed by atoms with Crippen molar-refractivity contribution in [3.63, 3.8) is 0 Å². The van der Waals surface area contributed by atoms with E-state index in [0.717, 1.165) is 6.42 Å². The molecule has 0 aromatic heterocycles. The number of aliphatic hydroxyl groups excluding tert-OH is 3. The van der Waals surface area contributed by atoms with E-state index in [-0.39, 0.29) is 19.3 Å². The van der Waals surface area contributed by atoms with Gasteiger partial charge in [-0.1, -0.05) is 6.92 Å². The number of hydrogen-bond acceptors (Lipinski definition) is 5. The van der Waals surface area contributed by atoms with Crippen LogP contribution in [0, 0.1) is 0 Å². The Kier molecular flexibility index (Phi) is 4.95. The predicted octanol–water partition coefficient (Wildman–Crippen LogP) is -0.717. The summed E-state index contributed by atoms with van der Waals surface area (Å²) in [5, 5.41) is 27.9. The van der Waals surface area contributed by atoms with Crippen LogP contribution in [-0.4, -0.2) is 59.1 Å². The molecular formula is C10H20O5. The second kappa shape index (κ2) is 5.77. The maximum atomic E-state index is 9.58. The van der Waals surface area contributed by atoms with E-state index in [1.807, 2.05) is 13.8 Å². The Morgan fingerprint density at radius 2 is 1.87 bits per heavy atom. The van der Waals surface area contributed by atoms with E-state index >= 15 is 0 Å². The number of rotatable bonds is 5. The predicted molar refractivity (Wildman–Crippen MR) is 53.5 cm³/mol. The molecule has 1 rings (SSSR count). The Labute approximate surface area is 89.6 Å². The molecule has 3 N–H and O–H groups in total. The Balaban J connectivity index is 2.37. The highest BCUT2D eigenvalue weighted by Gasteiger charge is 2.42. The van der Waals surface area contributed by atoms with Crippen molar-refractivity contribution < 1.29 is 24.8 Å². The summed E-state index contributed by atoms with van der Waals surface area (Å²) in [4.78, 5) is 0. The molecule has 1 heterocycles. The molecule has 0 aliphatic carbocycles. The summed E-state index contributed by atoms with van der Waals surface area (Å²) in [5.74, 6) is 0. The molecule has 15 heavy (non-hydrogen) atoms. The molecule has 90 valence electrons. The van der Waals surface area contributed by atoms with E-state index in [0.29, 0.717) is 0 Å². The van der Waals surface area contributed by atoms with Gasteiger partial charge in [-0.05, 0) is 13.3 Å². The van der Waals surface area contributed by atoms with Crippen molar-refractivity contribution in [1.29, 1.82) is 0 Å². The molecule has 1 saturated heterocycles. The van der Waals surface area contributed by atoms with E-state index in [2.05, 4.69) is 0 Å². The quantitative estimate of drug-likeness (QED) is 0.570. The van der Waals surface area contributed by atoms with Gasteiger partial charge in [-0.15, -0.1) is 0 Å². The van der Waals surface area contributed by atoms with Crippen LogP contribution < -0.4 is 0 Å². The topological polar surface area (TPSA) is 79.2 Å². The minimum Gasteiger partial charge on any atom is -0.394 e. The fourth-order valence-corrected chi connectivity index (χ4v) is 1.49. The van der Waals surface area contributed by atoms with Gasteiger partial charge in [-0.25, -0.2) is 0 Å². The second-order valence-electron chi connectivity index (χ2n) is 3.93. The van der Waals surface area contributed by atoms with E-state index in [1.165, 1.54) is 0 Å². The molecule has 0 aromatic carbocycles. The highest BCUT2D eigenvalue weighted by atomic mass is 16.6. The molecule has 0 spiro atoms. The van der Waals surface area contributed by atoms with Gasteiger partial charge in [0, 0.05) is 0 Å². The van der Waals surface area contributed by atoms with Gasteiger partial charge in [0.2, 0.25) is 0 Å². The summed E-state index contributed by atoms with van der Waals surface area (Å²) in [6, 6.07) is 0. The first-order chi connectivity index (χ1) is 7.10. The summed E-state index contributed by atoms with van der Waals surface area (Å²) in [6.45, 7) is 3.88. The van der Waals surface area contributed by atoms with Crippen molar-refractivity contribution in [2.24, 2.45) is 0 Å². The van der Waals surface area contributed by atoms with E-state index < -0.39 is 24.4 Å². The number of ether oxygens (including phenoxy) is 2. The van der Waals surface area contributed by atoms with Gasteiger partial charge < -0.3 is 24.8 Å². The number of hydrogen-bond donors (Lipinski definition) is 3. The first-order valence-corrected chi connectivity index (χ1v) is 5.34. The maximum Gasteiger partial charge on any atom is 0.111 e. The maximum absolute atomic E-state index is 9.58. The van der Waals surface area contributed by atoms with Crippen LogP contribution >= 0.6 is 0 Å². The smallest absolute Gasteiger partial charge is 0.111 e. The van der Waals surface area contributed by atoms with Crippen molar-refractivity contribution >= 4 is 0 Å². The Morgan fingerprint density at radius 3 is 2.33 bits per heavy atom. The Bertz CT molecular complexity index is 187. The van der Waals surface area contributed by atoms with Crippen LogP contribution in [0.1, 0.15) is 20.3 Å². The van der Waals surface area contributed by atoms with E-state index in [9.17, 15) is 10.2 Å². The van der Waals surface area contributed by atoms with Crippen LogP contribution in [0.2, 0.25) is 0 Å². The molecule has 0 saturated carbocycles. The van der Waals surface area contributed by atoms with Crippen molar-refractivity contribution in [1.82, 2.24) is 0 Å². The lowest BCUT2D eigenvalue weighted by atomic mass is 10.1. The Morgan fingerprint density at radius 1 is 1.27 bits per heavy atom. The molecule has 0 aromatic rings. The summed E-state index contributed by atoms with van der Waals surface area (Å²) in [7, 11) is 0. The third kappa shape index (κ3) is 3.12. The molecule has 5 nitrogen and oxygen atoms in total. The SMILES string of the molecule is CCC(C)OC[C@H]1O[C@H](CO)[C@@H](O)[C@@H]1O. The fourth-order valence-electron chi connectivity index (χ4n) is 1.49. The van der Waals surface area contributed by atoms with E-state index in [4.69, 9.17) is 14.6 Å². The van der Waals surface area contributed by atoms with Gasteiger partial charge in [0.1, 0.15) is 24.4 Å². The zero-order chi connectivity index (χ0) is 11.4. The van der Waals surface area contributed by atoms with Crippen LogP contribution in [0.4, 0.5) is 0 Å². The molecule has 5 heteroatoms. The molecule has 1 aliphatic heterocycles. The molecular weight excluding hydrogens is 200 g/mol. The zero-order valence-electron chi connectivity index (χ0n) is 9.17. The van der Waals surface area contributed by atoms with Gasteiger partial charge in [-0.3, -0.25) is 0 Å². The Hall–Kier alpha value is -0.200. The molecule has 0 radical (unpaired) electrons. The summed E-state index contributed by atoms with van der Waals surface area (Å²) < 4.78 is 10.7. The minimum absolute atomic E-state index is 0.103. The largest absolute Gasteiger partial charge is 0.394 e. The van der Waals surface area contributed by atoms with Crippen LogP contribution in [0.25, 0.3) is 0 Å². The average Bonchev–Trinajstić information content (AvgIpc) is 2.52. The van der Waals surface area contributed by atoms with Gasteiger partial charge in [0.25, 0.3) is 0 Å². The van der Waals surface area contributed by atoms with Crippen molar-refractivity contribution in [3.05, 3.63) is 0 Å². The molecule has 5 atom stereocenters. The van der Waals surface area contributed by atoms with Crippen LogP contribution in [0.3, 0.4) is 0 Å². The van der Waals surface area contributed by atoms with Crippen molar-refractivity contribution in [2.75, 3.05) is 13.2 Å². The van der Waals surface area contributed by atoms with Gasteiger partial charge in [0.05, 0.1) is 19.3 Å². The van der Waals surface area contributed by atoms with E-state index in [1.54, 1.807) is 0 Å². The lowest BCUT2D eigenvalue weighted by Crippen LogP contribution is -2.35.